The fraction of sp³-hybridized carbons (Fsp3) is 0.286. The number of H-pyrrole nitrogens is 1. The first kappa shape index (κ1) is 13.9. The molecule has 8 nitrogen and oxygen atoms in total. The van der Waals surface area contributed by atoms with Crippen LogP contribution in [0.15, 0.2) is 18.9 Å². The molecule has 0 unspecified atom stereocenters. The lowest BCUT2D eigenvalue weighted by Crippen LogP contribution is -2.06. The lowest BCUT2D eigenvalue weighted by Gasteiger charge is -2.09. The zero-order valence-corrected chi connectivity index (χ0v) is 12.1. The fourth-order valence-electron chi connectivity index (χ4n) is 1.95. The summed E-state index contributed by atoms with van der Waals surface area (Å²) in [7, 11) is 0. The monoisotopic (exact) mass is 295 g/mol. The SMILES string of the molecule is CC(C)COc1ncnc2[nH]cc(-c3ncnc(C#N)n3)c12. The summed E-state index contributed by atoms with van der Waals surface area (Å²) in [5.41, 5.74) is 1.30. The van der Waals surface area contributed by atoms with Crippen molar-refractivity contribution in [2.75, 3.05) is 6.61 Å². The van der Waals surface area contributed by atoms with E-state index in [4.69, 9.17) is 10.00 Å². The highest BCUT2D eigenvalue weighted by Gasteiger charge is 2.16. The van der Waals surface area contributed by atoms with Crippen LogP contribution in [0.5, 0.6) is 5.88 Å². The third kappa shape index (κ3) is 2.56. The van der Waals surface area contributed by atoms with E-state index in [0.717, 1.165) is 0 Å². The lowest BCUT2D eigenvalue weighted by molar-refractivity contribution is 0.264. The molecule has 3 aromatic heterocycles. The van der Waals surface area contributed by atoms with Crippen molar-refractivity contribution in [1.29, 1.82) is 5.26 Å². The molecule has 0 saturated heterocycles. The van der Waals surface area contributed by atoms with Gasteiger partial charge >= 0.3 is 0 Å². The van der Waals surface area contributed by atoms with Gasteiger partial charge in [-0.3, -0.25) is 0 Å². The van der Waals surface area contributed by atoms with Crippen LogP contribution in [0.25, 0.3) is 22.4 Å². The highest BCUT2D eigenvalue weighted by Crippen LogP contribution is 2.31. The molecule has 8 heteroatoms. The van der Waals surface area contributed by atoms with Crippen LogP contribution in [-0.4, -0.2) is 36.5 Å². The molecule has 0 radical (unpaired) electrons. The van der Waals surface area contributed by atoms with Gasteiger partial charge in [0.15, 0.2) is 5.82 Å². The minimum atomic E-state index is 0.0563. The number of ether oxygens (including phenoxy) is 1. The van der Waals surface area contributed by atoms with Gasteiger partial charge in [-0.25, -0.2) is 19.9 Å². The Balaban J connectivity index is 2.12. The molecule has 22 heavy (non-hydrogen) atoms. The second kappa shape index (κ2) is 5.73. The molecule has 1 N–H and O–H groups in total. The predicted molar refractivity (Wildman–Crippen MR) is 77.8 cm³/mol. The van der Waals surface area contributed by atoms with Gasteiger partial charge in [-0.05, 0) is 5.92 Å². The molecular formula is C14H13N7O. The normalized spacial score (nSPS) is 10.8. The van der Waals surface area contributed by atoms with Gasteiger partial charge < -0.3 is 9.72 Å². The van der Waals surface area contributed by atoms with Gasteiger partial charge in [0.05, 0.1) is 17.6 Å². The van der Waals surface area contributed by atoms with E-state index in [-0.39, 0.29) is 5.82 Å². The van der Waals surface area contributed by atoms with Crippen molar-refractivity contribution in [1.82, 2.24) is 29.9 Å². The molecule has 110 valence electrons. The first-order valence-corrected chi connectivity index (χ1v) is 6.73. The van der Waals surface area contributed by atoms with Crippen molar-refractivity contribution in [2.24, 2.45) is 5.92 Å². The third-order valence-electron chi connectivity index (χ3n) is 2.90. The van der Waals surface area contributed by atoms with E-state index < -0.39 is 0 Å². The molecule has 0 fully saturated rings. The number of aromatic nitrogens is 6. The number of aromatic amines is 1. The van der Waals surface area contributed by atoms with Gasteiger partial charge in [-0.1, -0.05) is 13.8 Å². The van der Waals surface area contributed by atoms with Crippen molar-refractivity contribution in [3.05, 3.63) is 24.7 Å². The number of nitrogens with zero attached hydrogens (tertiary/aromatic N) is 6. The average molecular weight is 295 g/mol. The number of hydrogen-bond acceptors (Lipinski definition) is 7. The van der Waals surface area contributed by atoms with Crippen LogP contribution in [0.2, 0.25) is 0 Å². The van der Waals surface area contributed by atoms with Gasteiger partial charge in [0.25, 0.3) is 0 Å². The summed E-state index contributed by atoms with van der Waals surface area (Å²) in [5.74, 6) is 1.27. The minimum absolute atomic E-state index is 0.0563. The topological polar surface area (TPSA) is 113 Å². The number of fused-ring (bicyclic) bond motifs is 1. The molecule has 0 saturated carbocycles. The molecular weight excluding hydrogens is 282 g/mol. The van der Waals surface area contributed by atoms with Crippen LogP contribution in [-0.2, 0) is 0 Å². The van der Waals surface area contributed by atoms with Crippen molar-refractivity contribution in [3.63, 3.8) is 0 Å². The number of nitrogens with one attached hydrogen (secondary N) is 1. The van der Waals surface area contributed by atoms with Gasteiger partial charge in [0, 0.05) is 6.20 Å². The number of rotatable bonds is 4. The minimum Gasteiger partial charge on any atom is -0.477 e. The van der Waals surface area contributed by atoms with Crippen LogP contribution in [0, 0.1) is 17.2 Å². The molecule has 0 aliphatic carbocycles. The van der Waals surface area contributed by atoms with E-state index >= 15 is 0 Å². The molecule has 3 heterocycles. The highest BCUT2D eigenvalue weighted by molar-refractivity contribution is 5.95. The quantitative estimate of drug-likeness (QED) is 0.779. The Morgan fingerprint density at radius 1 is 1.23 bits per heavy atom. The van der Waals surface area contributed by atoms with Crippen molar-refractivity contribution < 1.29 is 4.74 Å². The Bertz CT molecular complexity index is 850. The Morgan fingerprint density at radius 2 is 2.05 bits per heavy atom. The maximum Gasteiger partial charge on any atom is 0.235 e. The Hall–Kier alpha value is -3.08. The van der Waals surface area contributed by atoms with E-state index in [1.807, 2.05) is 6.07 Å². The van der Waals surface area contributed by atoms with Crippen LogP contribution >= 0.6 is 0 Å². The maximum absolute atomic E-state index is 8.91. The van der Waals surface area contributed by atoms with Crippen molar-refractivity contribution >= 4 is 11.0 Å². The Morgan fingerprint density at radius 3 is 2.82 bits per heavy atom. The zero-order valence-electron chi connectivity index (χ0n) is 12.1. The summed E-state index contributed by atoms with van der Waals surface area (Å²) < 4.78 is 5.75. The van der Waals surface area contributed by atoms with Gasteiger partial charge in [0.2, 0.25) is 11.7 Å². The second-order valence-electron chi connectivity index (χ2n) is 5.05. The summed E-state index contributed by atoms with van der Waals surface area (Å²) in [4.78, 5) is 23.4. The highest BCUT2D eigenvalue weighted by atomic mass is 16.5. The van der Waals surface area contributed by atoms with Crippen molar-refractivity contribution in [2.45, 2.75) is 13.8 Å². The largest absolute Gasteiger partial charge is 0.477 e. The Kier molecular flexibility index (Phi) is 3.62. The summed E-state index contributed by atoms with van der Waals surface area (Å²) in [6.07, 6.45) is 4.46. The first-order valence-electron chi connectivity index (χ1n) is 6.73. The van der Waals surface area contributed by atoms with E-state index in [1.165, 1.54) is 12.7 Å². The Labute approximate surface area is 126 Å². The number of nitriles is 1. The number of hydrogen-bond donors (Lipinski definition) is 1. The molecule has 0 atom stereocenters. The molecule has 3 aromatic rings. The first-order chi connectivity index (χ1) is 10.7. The summed E-state index contributed by atoms with van der Waals surface area (Å²) in [6.45, 7) is 4.65. The fourth-order valence-corrected chi connectivity index (χ4v) is 1.95. The van der Waals surface area contributed by atoms with Crippen molar-refractivity contribution in [3.8, 4) is 23.3 Å². The zero-order chi connectivity index (χ0) is 15.5. The summed E-state index contributed by atoms with van der Waals surface area (Å²) in [6, 6.07) is 1.90. The van der Waals surface area contributed by atoms with Crippen LogP contribution in [0.1, 0.15) is 19.7 Å². The molecule has 0 amide bonds. The maximum atomic E-state index is 8.91. The predicted octanol–water partition coefficient (Wildman–Crippen LogP) is 1.72. The molecule has 0 bridgehead atoms. The van der Waals surface area contributed by atoms with Crippen LogP contribution < -0.4 is 4.74 Å². The van der Waals surface area contributed by atoms with E-state index in [0.29, 0.717) is 40.8 Å². The van der Waals surface area contributed by atoms with Gasteiger partial charge in [-0.15, -0.1) is 0 Å². The third-order valence-corrected chi connectivity index (χ3v) is 2.90. The van der Waals surface area contributed by atoms with E-state index in [9.17, 15) is 0 Å². The average Bonchev–Trinajstić information content (AvgIpc) is 2.97. The lowest BCUT2D eigenvalue weighted by atomic mass is 10.2. The summed E-state index contributed by atoms with van der Waals surface area (Å²) >= 11 is 0. The van der Waals surface area contributed by atoms with E-state index in [1.54, 1.807) is 6.20 Å². The molecule has 0 spiro atoms. The summed E-state index contributed by atoms with van der Waals surface area (Å²) in [5, 5.41) is 9.61. The molecule has 3 rings (SSSR count). The molecule has 0 aromatic carbocycles. The van der Waals surface area contributed by atoms with Gasteiger partial charge in [0.1, 0.15) is 24.4 Å². The molecule has 0 aliphatic heterocycles. The smallest absolute Gasteiger partial charge is 0.235 e. The van der Waals surface area contributed by atoms with Gasteiger partial charge in [-0.2, -0.15) is 10.2 Å². The van der Waals surface area contributed by atoms with Crippen LogP contribution in [0.4, 0.5) is 0 Å². The second-order valence-corrected chi connectivity index (χ2v) is 5.05. The standard InChI is InChI=1S/C14H13N7O/c1-8(2)5-22-14-11-9(4-16-13(11)19-7-20-14)12-18-6-17-10(3-15)21-12/h4,6-8H,5H2,1-2H3,(H,16,19,20). The molecule has 0 aliphatic rings. The van der Waals surface area contributed by atoms with E-state index in [2.05, 4.69) is 43.8 Å². The van der Waals surface area contributed by atoms with Crippen LogP contribution in [0.3, 0.4) is 0 Å².